The molecular formula is C25H27N3O4S. The molecule has 0 bridgehead atoms. The fourth-order valence-electron chi connectivity index (χ4n) is 3.20. The molecule has 0 aromatic heterocycles. The number of rotatable bonds is 9. The zero-order chi connectivity index (χ0) is 23.8. The molecule has 0 saturated heterocycles. The van der Waals surface area contributed by atoms with Crippen LogP contribution < -0.4 is 14.5 Å². The van der Waals surface area contributed by atoms with E-state index in [1.54, 1.807) is 6.07 Å². The first-order valence-electron chi connectivity index (χ1n) is 10.4. The van der Waals surface area contributed by atoms with E-state index in [-0.39, 0.29) is 6.54 Å². The maximum absolute atomic E-state index is 12.4. The Labute approximate surface area is 194 Å². The molecule has 1 amide bonds. The van der Waals surface area contributed by atoms with E-state index in [0.717, 1.165) is 38.6 Å². The van der Waals surface area contributed by atoms with E-state index in [0.29, 0.717) is 12.3 Å². The van der Waals surface area contributed by atoms with Crippen LogP contribution in [0.1, 0.15) is 22.3 Å². The monoisotopic (exact) mass is 465 g/mol. The summed E-state index contributed by atoms with van der Waals surface area (Å²) in [5.74, 6) is 0.178. The van der Waals surface area contributed by atoms with Gasteiger partial charge in [-0.25, -0.2) is 13.8 Å². The number of hydrogen-bond acceptors (Lipinski definition) is 5. The van der Waals surface area contributed by atoms with Crippen LogP contribution in [0.4, 0.5) is 5.69 Å². The predicted molar refractivity (Wildman–Crippen MR) is 131 cm³/mol. The van der Waals surface area contributed by atoms with Gasteiger partial charge in [0.05, 0.1) is 18.2 Å². The second-order valence-electron chi connectivity index (χ2n) is 7.70. The number of sulfonamides is 1. The summed E-state index contributed by atoms with van der Waals surface area (Å²) in [4.78, 5) is 12.4. The van der Waals surface area contributed by atoms with Crippen LogP contribution in [-0.2, 0) is 21.4 Å². The Hall–Kier alpha value is -3.65. The predicted octanol–water partition coefficient (Wildman–Crippen LogP) is 3.80. The Morgan fingerprint density at radius 3 is 2.36 bits per heavy atom. The summed E-state index contributed by atoms with van der Waals surface area (Å²) in [6.07, 6.45) is 2.56. The SMILES string of the molecule is Cc1ccc(N(CC(=O)NN=Cc2ccc(OCc3ccccc3)cc2)S(C)(=O)=O)c(C)c1. The van der Waals surface area contributed by atoms with E-state index < -0.39 is 15.9 Å². The van der Waals surface area contributed by atoms with E-state index in [1.165, 1.54) is 6.21 Å². The number of benzene rings is 3. The number of carbonyl (C=O) groups excluding carboxylic acids is 1. The summed E-state index contributed by atoms with van der Waals surface area (Å²) in [6, 6.07) is 22.5. The van der Waals surface area contributed by atoms with Crippen molar-refractivity contribution >= 4 is 27.8 Å². The second-order valence-corrected chi connectivity index (χ2v) is 9.60. The zero-order valence-electron chi connectivity index (χ0n) is 18.9. The Balaban J connectivity index is 1.57. The summed E-state index contributed by atoms with van der Waals surface area (Å²) in [7, 11) is -3.65. The van der Waals surface area contributed by atoms with Crippen LogP contribution in [-0.4, -0.2) is 33.3 Å². The van der Waals surface area contributed by atoms with Gasteiger partial charge in [-0.15, -0.1) is 0 Å². The summed E-state index contributed by atoms with van der Waals surface area (Å²) in [6.45, 7) is 3.84. The number of nitrogens with one attached hydrogen (secondary N) is 1. The van der Waals surface area contributed by atoms with Gasteiger partial charge < -0.3 is 4.74 Å². The molecule has 3 aromatic rings. The molecule has 0 aliphatic heterocycles. The molecule has 0 aliphatic rings. The summed E-state index contributed by atoms with van der Waals surface area (Å²) >= 11 is 0. The molecular weight excluding hydrogens is 438 g/mol. The highest BCUT2D eigenvalue weighted by molar-refractivity contribution is 7.92. The highest BCUT2D eigenvalue weighted by Crippen LogP contribution is 2.23. The number of nitrogens with zero attached hydrogens (tertiary/aromatic N) is 2. The first-order chi connectivity index (χ1) is 15.7. The van der Waals surface area contributed by atoms with Crippen molar-refractivity contribution < 1.29 is 17.9 Å². The highest BCUT2D eigenvalue weighted by atomic mass is 32.2. The van der Waals surface area contributed by atoms with Crippen molar-refractivity contribution in [1.29, 1.82) is 0 Å². The van der Waals surface area contributed by atoms with Crippen LogP contribution in [0.5, 0.6) is 5.75 Å². The van der Waals surface area contributed by atoms with E-state index >= 15 is 0 Å². The minimum Gasteiger partial charge on any atom is -0.489 e. The number of amides is 1. The third-order valence-corrected chi connectivity index (χ3v) is 5.97. The van der Waals surface area contributed by atoms with Gasteiger partial charge in [0.15, 0.2) is 0 Å². The lowest BCUT2D eigenvalue weighted by Crippen LogP contribution is -2.39. The molecule has 0 saturated carbocycles. The molecule has 7 nitrogen and oxygen atoms in total. The van der Waals surface area contributed by atoms with Crippen LogP contribution in [0.15, 0.2) is 77.9 Å². The number of ether oxygens (including phenoxy) is 1. The summed E-state index contributed by atoms with van der Waals surface area (Å²) in [5, 5.41) is 3.94. The Morgan fingerprint density at radius 1 is 1.03 bits per heavy atom. The molecule has 0 fully saturated rings. The molecule has 0 heterocycles. The molecule has 8 heteroatoms. The highest BCUT2D eigenvalue weighted by Gasteiger charge is 2.22. The second kappa shape index (κ2) is 10.8. The molecule has 33 heavy (non-hydrogen) atoms. The summed E-state index contributed by atoms with van der Waals surface area (Å²) in [5.41, 5.74) is 6.47. The quantitative estimate of drug-likeness (QED) is 0.385. The van der Waals surface area contributed by atoms with Gasteiger partial charge in [-0.2, -0.15) is 5.10 Å². The molecule has 0 unspecified atom stereocenters. The van der Waals surface area contributed by atoms with E-state index in [2.05, 4.69) is 10.5 Å². The normalized spacial score (nSPS) is 11.4. The molecule has 0 spiro atoms. The van der Waals surface area contributed by atoms with Gasteiger partial charge in [0.1, 0.15) is 18.9 Å². The number of hydrogen-bond donors (Lipinski definition) is 1. The lowest BCUT2D eigenvalue weighted by molar-refractivity contribution is -0.119. The first kappa shape index (κ1) is 24.0. The third kappa shape index (κ3) is 7.18. The van der Waals surface area contributed by atoms with Crippen molar-refractivity contribution in [3.05, 3.63) is 95.1 Å². The number of hydrazone groups is 1. The van der Waals surface area contributed by atoms with Gasteiger partial charge in [0.25, 0.3) is 5.91 Å². The largest absolute Gasteiger partial charge is 0.489 e. The standard InChI is InChI=1S/C25H27N3O4S/c1-19-9-14-24(20(2)15-19)28(33(3,30)31)17-25(29)27-26-16-21-10-12-23(13-11-21)32-18-22-7-5-4-6-8-22/h4-16H,17-18H2,1-3H3,(H,27,29). The lowest BCUT2D eigenvalue weighted by Gasteiger charge is -2.23. The van der Waals surface area contributed by atoms with Gasteiger partial charge in [-0.3, -0.25) is 9.10 Å². The molecule has 3 aromatic carbocycles. The molecule has 0 atom stereocenters. The third-order valence-electron chi connectivity index (χ3n) is 4.84. The first-order valence-corrected chi connectivity index (χ1v) is 12.2. The molecule has 1 N–H and O–H groups in total. The average molecular weight is 466 g/mol. The van der Waals surface area contributed by atoms with Crippen LogP contribution in [0.25, 0.3) is 0 Å². The van der Waals surface area contributed by atoms with Gasteiger partial charge in [-0.05, 0) is 60.9 Å². The van der Waals surface area contributed by atoms with Gasteiger partial charge in [0.2, 0.25) is 10.0 Å². The van der Waals surface area contributed by atoms with E-state index in [1.807, 2.05) is 80.6 Å². The number of anilines is 1. The van der Waals surface area contributed by atoms with Crippen molar-refractivity contribution in [2.75, 3.05) is 17.1 Å². The Bertz CT molecular complexity index is 1220. The summed E-state index contributed by atoms with van der Waals surface area (Å²) < 4.78 is 31.4. The Morgan fingerprint density at radius 2 is 1.73 bits per heavy atom. The fraction of sp³-hybridized carbons (Fsp3) is 0.200. The average Bonchev–Trinajstić information content (AvgIpc) is 2.77. The fourth-order valence-corrected chi connectivity index (χ4v) is 4.12. The number of carbonyl (C=O) groups is 1. The van der Waals surface area contributed by atoms with Crippen LogP contribution in [0, 0.1) is 13.8 Å². The van der Waals surface area contributed by atoms with Crippen molar-refractivity contribution in [2.24, 2.45) is 5.10 Å². The van der Waals surface area contributed by atoms with Crippen LogP contribution in [0.3, 0.4) is 0 Å². The van der Waals surface area contributed by atoms with E-state index in [4.69, 9.17) is 4.74 Å². The zero-order valence-corrected chi connectivity index (χ0v) is 19.7. The van der Waals surface area contributed by atoms with E-state index in [9.17, 15) is 13.2 Å². The minimum absolute atomic E-state index is 0.369. The smallest absolute Gasteiger partial charge is 0.260 e. The van der Waals surface area contributed by atoms with Crippen LogP contribution in [0.2, 0.25) is 0 Å². The molecule has 3 rings (SSSR count). The Kier molecular flexibility index (Phi) is 7.84. The van der Waals surface area contributed by atoms with Crippen LogP contribution >= 0.6 is 0 Å². The van der Waals surface area contributed by atoms with Crippen molar-refractivity contribution in [3.8, 4) is 5.75 Å². The van der Waals surface area contributed by atoms with Gasteiger partial charge in [0, 0.05) is 0 Å². The lowest BCUT2D eigenvalue weighted by atomic mass is 10.1. The van der Waals surface area contributed by atoms with Crippen molar-refractivity contribution in [2.45, 2.75) is 20.5 Å². The molecule has 172 valence electrons. The topological polar surface area (TPSA) is 88.1 Å². The van der Waals surface area contributed by atoms with Crippen molar-refractivity contribution in [3.63, 3.8) is 0 Å². The van der Waals surface area contributed by atoms with Gasteiger partial charge in [-0.1, -0.05) is 48.0 Å². The van der Waals surface area contributed by atoms with Crippen molar-refractivity contribution in [1.82, 2.24) is 5.43 Å². The maximum atomic E-state index is 12.4. The molecule has 0 radical (unpaired) electrons. The van der Waals surface area contributed by atoms with Gasteiger partial charge >= 0.3 is 0 Å². The molecule has 0 aliphatic carbocycles. The maximum Gasteiger partial charge on any atom is 0.260 e. The number of aryl methyl sites for hydroxylation is 2. The minimum atomic E-state index is -3.65.